The second kappa shape index (κ2) is 12.7. The van der Waals surface area contributed by atoms with Crippen LogP contribution in [0.4, 0.5) is 5.82 Å². The Kier molecular flexibility index (Phi) is 8.24. The fourth-order valence-electron chi connectivity index (χ4n) is 4.05. The van der Waals surface area contributed by atoms with E-state index in [9.17, 15) is 4.79 Å². The first kappa shape index (κ1) is 27.9. The quantitative estimate of drug-likeness (QED) is 0.120. The predicted octanol–water partition coefficient (Wildman–Crippen LogP) is 4.49. The van der Waals surface area contributed by atoms with Crippen molar-refractivity contribution in [2.45, 2.75) is 16.7 Å². The van der Waals surface area contributed by atoms with Gasteiger partial charge in [0.15, 0.2) is 10.0 Å². The maximum atomic E-state index is 13.1. The lowest BCUT2D eigenvalue weighted by Gasteiger charge is -2.09. The largest absolute Gasteiger partial charge is 0.496 e. The molecule has 43 heavy (non-hydrogen) atoms. The van der Waals surface area contributed by atoms with Crippen LogP contribution in [0.1, 0.15) is 27.3 Å². The summed E-state index contributed by atoms with van der Waals surface area (Å²) in [6, 6.07) is 22.8. The van der Waals surface area contributed by atoms with Crippen molar-refractivity contribution in [1.29, 1.82) is 0 Å². The molecule has 0 saturated heterocycles. The molecule has 0 unspecified atom stereocenters. The van der Waals surface area contributed by atoms with Gasteiger partial charge in [-0.1, -0.05) is 47.3 Å². The zero-order valence-electron chi connectivity index (χ0n) is 22.6. The number of benzene rings is 3. The number of nitrogen functional groups attached to an aromatic ring is 1. The van der Waals surface area contributed by atoms with Gasteiger partial charge in [0.1, 0.15) is 23.8 Å². The molecule has 6 aromatic rings. The highest BCUT2D eigenvalue weighted by Crippen LogP contribution is 2.33. The molecular formula is C28H23N9O4S2. The minimum atomic E-state index is -0.607. The van der Waals surface area contributed by atoms with E-state index in [2.05, 4.69) is 42.2 Å². The Morgan fingerprint density at radius 1 is 1.14 bits per heavy atom. The molecule has 3 aromatic carbocycles. The molecule has 3 N–H and O–H groups in total. The second-order valence-corrected chi connectivity index (χ2v) is 11.1. The Hall–Kier alpha value is -5.28. The van der Waals surface area contributed by atoms with Gasteiger partial charge in [-0.25, -0.2) is 15.0 Å². The number of carbonyl (C=O) groups excluding carboxylic acids is 1. The molecule has 0 radical (unpaired) electrons. The number of hydrazone groups is 1. The number of hydrogen-bond donors (Lipinski definition) is 2. The highest BCUT2D eigenvalue weighted by molar-refractivity contribution is 8.00. The van der Waals surface area contributed by atoms with Crippen LogP contribution in [0, 0.1) is 0 Å². The minimum absolute atomic E-state index is 0.0209. The summed E-state index contributed by atoms with van der Waals surface area (Å²) < 4.78 is 19.4. The summed E-state index contributed by atoms with van der Waals surface area (Å²) in [5, 5.41) is 19.5. The third kappa shape index (κ3) is 6.32. The number of anilines is 1. The summed E-state index contributed by atoms with van der Waals surface area (Å²) in [6.07, 6.45) is 1.54. The van der Waals surface area contributed by atoms with E-state index in [1.54, 1.807) is 42.3 Å². The van der Waals surface area contributed by atoms with Gasteiger partial charge in [0.2, 0.25) is 11.6 Å². The number of fused-ring (bicyclic) bond motifs is 1. The van der Waals surface area contributed by atoms with Gasteiger partial charge < -0.3 is 15.2 Å². The van der Waals surface area contributed by atoms with Crippen LogP contribution in [0.3, 0.4) is 0 Å². The van der Waals surface area contributed by atoms with Crippen molar-refractivity contribution in [1.82, 2.24) is 35.7 Å². The summed E-state index contributed by atoms with van der Waals surface area (Å²) in [7, 11) is 1.63. The van der Waals surface area contributed by atoms with Crippen molar-refractivity contribution in [3.8, 4) is 17.3 Å². The zero-order valence-corrected chi connectivity index (χ0v) is 24.2. The van der Waals surface area contributed by atoms with Gasteiger partial charge in [-0.15, -0.1) is 16.4 Å². The summed E-state index contributed by atoms with van der Waals surface area (Å²) in [5.74, 6) is 1.43. The first-order chi connectivity index (χ1) is 21.1. The second-order valence-electron chi connectivity index (χ2n) is 8.88. The SMILES string of the molecule is COc1ccc(C=NNC(=O)c2nnn(-c3nonc3N)c2COc2ccccc2)cc1CSc1nc2ccccc2s1. The Morgan fingerprint density at radius 2 is 1.98 bits per heavy atom. The minimum Gasteiger partial charge on any atom is -0.496 e. The highest BCUT2D eigenvalue weighted by Gasteiger charge is 2.24. The number of carbonyl (C=O) groups is 1. The van der Waals surface area contributed by atoms with Crippen LogP contribution in [-0.2, 0) is 12.4 Å². The monoisotopic (exact) mass is 613 g/mol. The number of thiazole rings is 1. The lowest BCUT2D eigenvalue weighted by atomic mass is 10.1. The summed E-state index contributed by atoms with van der Waals surface area (Å²) in [5.41, 5.74) is 11.3. The molecule has 0 aliphatic heterocycles. The van der Waals surface area contributed by atoms with Crippen molar-refractivity contribution < 1.29 is 18.9 Å². The molecule has 0 spiro atoms. The van der Waals surface area contributed by atoms with E-state index in [0.29, 0.717) is 11.5 Å². The standard InChI is InChI=1S/C28H23N9O4S2/c1-39-22-12-11-17(13-18(22)16-42-28-31-20-9-5-6-10-23(20)43-28)14-30-33-27(38)24-21(15-40-19-7-3-2-4-8-19)37(36-32-24)26-25(29)34-41-35-26/h2-14H,15-16H2,1H3,(H2,29,34)(H,33,38). The number of nitrogens with one attached hydrogen (secondary N) is 1. The van der Waals surface area contributed by atoms with Crippen LogP contribution < -0.4 is 20.6 Å². The Balaban J connectivity index is 1.17. The first-order valence-electron chi connectivity index (χ1n) is 12.8. The van der Waals surface area contributed by atoms with Crippen LogP contribution in [0.15, 0.2) is 86.9 Å². The fourth-order valence-corrected chi connectivity index (χ4v) is 6.09. The first-order valence-corrected chi connectivity index (χ1v) is 14.6. The zero-order chi connectivity index (χ0) is 29.6. The van der Waals surface area contributed by atoms with Crippen LogP contribution in [0.25, 0.3) is 16.0 Å². The number of aromatic nitrogens is 6. The van der Waals surface area contributed by atoms with Crippen molar-refractivity contribution in [3.63, 3.8) is 0 Å². The number of hydrogen-bond acceptors (Lipinski definition) is 13. The molecule has 216 valence electrons. The summed E-state index contributed by atoms with van der Waals surface area (Å²) in [4.78, 5) is 17.8. The highest BCUT2D eigenvalue weighted by atomic mass is 32.2. The molecule has 15 heteroatoms. The number of para-hydroxylation sites is 2. The van der Waals surface area contributed by atoms with Crippen molar-refractivity contribution in [3.05, 3.63) is 95.3 Å². The van der Waals surface area contributed by atoms with E-state index in [1.807, 2.05) is 54.6 Å². The Bertz CT molecular complexity index is 1870. The van der Waals surface area contributed by atoms with Crippen LogP contribution in [0.5, 0.6) is 11.5 Å². The average molecular weight is 614 g/mol. The third-order valence-electron chi connectivity index (χ3n) is 6.10. The molecule has 0 saturated carbocycles. The maximum Gasteiger partial charge on any atom is 0.293 e. The van der Waals surface area contributed by atoms with Crippen LogP contribution in [-0.4, -0.2) is 49.5 Å². The number of ether oxygens (including phenoxy) is 2. The lowest BCUT2D eigenvalue weighted by Crippen LogP contribution is -2.21. The number of methoxy groups -OCH3 is 1. The van der Waals surface area contributed by atoms with Gasteiger partial charge in [-0.2, -0.15) is 9.78 Å². The molecular weight excluding hydrogens is 591 g/mol. The lowest BCUT2D eigenvalue weighted by molar-refractivity contribution is 0.0947. The molecule has 0 aliphatic carbocycles. The normalized spacial score (nSPS) is 11.3. The van der Waals surface area contributed by atoms with Gasteiger partial charge in [-0.05, 0) is 58.3 Å². The van der Waals surface area contributed by atoms with Crippen LogP contribution in [0.2, 0.25) is 0 Å². The van der Waals surface area contributed by atoms with Gasteiger partial charge in [0, 0.05) is 11.3 Å². The summed E-state index contributed by atoms with van der Waals surface area (Å²) >= 11 is 3.28. The smallest absolute Gasteiger partial charge is 0.293 e. The third-order valence-corrected chi connectivity index (χ3v) is 8.33. The average Bonchev–Trinajstić information content (AvgIpc) is 3.77. The molecule has 6 rings (SSSR count). The molecule has 3 heterocycles. The number of nitrogens with two attached hydrogens (primary N) is 1. The predicted molar refractivity (Wildman–Crippen MR) is 162 cm³/mol. The van der Waals surface area contributed by atoms with E-state index in [-0.39, 0.29) is 29.6 Å². The van der Waals surface area contributed by atoms with Gasteiger partial charge in [0.05, 0.1) is 23.5 Å². The molecule has 0 atom stereocenters. The fraction of sp³-hybridized carbons (Fsp3) is 0.107. The van der Waals surface area contributed by atoms with Crippen molar-refractivity contribution in [2.75, 3.05) is 12.8 Å². The number of nitrogens with zero attached hydrogens (tertiary/aromatic N) is 7. The van der Waals surface area contributed by atoms with Crippen LogP contribution >= 0.6 is 23.1 Å². The number of thioether (sulfide) groups is 1. The van der Waals surface area contributed by atoms with E-state index < -0.39 is 5.91 Å². The maximum absolute atomic E-state index is 13.1. The molecule has 13 nitrogen and oxygen atoms in total. The molecule has 0 fully saturated rings. The van der Waals surface area contributed by atoms with E-state index in [4.69, 9.17) is 19.8 Å². The Morgan fingerprint density at radius 3 is 2.77 bits per heavy atom. The van der Waals surface area contributed by atoms with Crippen molar-refractivity contribution >= 4 is 51.3 Å². The van der Waals surface area contributed by atoms with E-state index >= 15 is 0 Å². The number of rotatable bonds is 11. The molecule has 0 bridgehead atoms. The van der Waals surface area contributed by atoms with Gasteiger partial charge in [0.25, 0.3) is 5.91 Å². The van der Waals surface area contributed by atoms with E-state index in [0.717, 1.165) is 31.4 Å². The topological polar surface area (TPSA) is 168 Å². The number of amides is 1. The summed E-state index contributed by atoms with van der Waals surface area (Å²) in [6.45, 7) is -0.0655. The van der Waals surface area contributed by atoms with Crippen molar-refractivity contribution in [2.24, 2.45) is 5.10 Å². The molecule has 0 aliphatic rings. The molecule has 1 amide bonds. The Labute approximate surface area is 252 Å². The molecule has 3 aromatic heterocycles. The van der Waals surface area contributed by atoms with Gasteiger partial charge in [-0.3, -0.25) is 4.79 Å². The van der Waals surface area contributed by atoms with Gasteiger partial charge >= 0.3 is 0 Å². The van der Waals surface area contributed by atoms with E-state index in [1.165, 1.54) is 10.9 Å².